The second kappa shape index (κ2) is 4.51. The maximum absolute atomic E-state index is 13.6. The van der Waals surface area contributed by atoms with Gasteiger partial charge in [-0.05, 0) is 37.4 Å². The van der Waals surface area contributed by atoms with E-state index in [1.54, 1.807) is 13.8 Å². The molecule has 1 unspecified atom stereocenters. The molecule has 1 aromatic rings. The third-order valence-corrected chi connectivity index (χ3v) is 2.41. The maximum atomic E-state index is 13.6. The minimum atomic E-state index is -0.478. The van der Waals surface area contributed by atoms with Crippen LogP contribution >= 0.6 is 0 Å². The molecule has 0 fully saturated rings. The molecular weight excluding hydrogens is 184 g/mol. The van der Waals surface area contributed by atoms with Crippen LogP contribution in [0, 0.1) is 18.6 Å². The van der Waals surface area contributed by atoms with E-state index < -0.39 is 11.6 Å². The lowest BCUT2D eigenvalue weighted by atomic mass is 9.95. The molecule has 0 radical (unpaired) electrons. The Morgan fingerprint density at radius 3 is 2.57 bits per heavy atom. The molecule has 2 N–H and O–H groups in total. The minimum Gasteiger partial charge on any atom is -0.330 e. The quantitative estimate of drug-likeness (QED) is 0.795. The molecule has 3 heteroatoms. The lowest BCUT2D eigenvalue weighted by Crippen LogP contribution is -2.08. The van der Waals surface area contributed by atoms with Crippen molar-refractivity contribution in [1.82, 2.24) is 0 Å². The van der Waals surface area contributed by atoms with Crippen molar-refractivity contribution in [3.8, 4) is 0 Å². The third-order valence-electron chi connectivity index (χ3n) is 2.41. The van der Waals surface area contributed by atoms with E-state index in [1.165, 1.54) is 12.1 Å². The van der Waals surface area contributed by atoms with E-state index in [0.29, 0.717) is 18.5 Å². The predicted octanol–water partition coefficient (Wildman–Crippen LogP) is 2.73. The molecular formula is C11H15F2N. The summed E-state index contributed by atoms with van der Waals surface area (Å²) in [6.45, 7) is 3.86. The van der Waals surface area contributed by atoms with Crippen LogP contribution in [0.15, 0.2) is 12.1 Å². The van der Waals surface area contributed by atoms with Gasteiger partial charge in [-0.2, -0.15) is 0 Å². The van der Waals surface area contributed by atoms with Gasteiger partial charge in [0.25, 0.3) is 0 Å². The Hall–Kier alpha value is -0.960. The number of rotatable bonds is 3. The van der Waals surface area contributed by atoms with Gasteiger partial charge in [0.05, 0.1) is 0 Å². The van der Waals surface area contributed by atoms with E-state index in [4.69, 9.17) is 5.73 Å². The van der Waals surface area contributed by atoms with Crippen molar-refractivity contribution >= 4 is 0 Å². The molecule has 0 bridgehead atoms. The van der Waals surface area contributed by atoms with Crippen molar-refractivity contribution in [1.29, 1.82) is 0 Å². The zero-order valence-electron chi connectivity index (χ0n) is 8.48. The van der Waals surface area contributed by atoms with Crippen LogP contribution in [-0.2, 0) is 0 Å². The average Bonchev–Trinajstić information content (AvgIpc) is 2.13. The summed E-state index contributed by atoms with van der Waals surface area (Å²) in [5, 5.41) is 0. The summed E-state index contributed by atoms with van der Waals surface area (Å²) in [6.07, 6.45) is 0.595. The Bertz CT molecular complexity index is 323. The van der Waals surface area contributed by atoms with Crippen LogP contribution in [0.1, 0.15) is 30.4 Å². The number of nitrogens with two attached hydrogens (primary N) is 1. The zero-order chi connectivity index (χ0) is 10.7. The van der Waals surface area contributed by atoms with E-state index in [2.05, 4.69) is 0 Å². The number of hydrogen-bond donors (Lipinski definition) is 1. The molecule has 1 aromatic carbocycles. The van der Waals surface area contributed by atoms with Crippen LogP contribution in [0.3, 0.4) is 0 Å². The Balaban J connectivity index is 3.11. The monoisotopic (exact) mass is 199 g/mol. The van der Waals surface area contributed by atoms with Crippen LogP contribution < -0.4 is 5.73 Å². The fraction of sp³-hybridized carbons (Fsp3) is 0.455. The first-order chi connectivity index (χ1) is 6.57. The van der Waals surface area contributed by atoms with Crippen LogP contribution in [-0.4, -0.2) is 6.54 Å². The summed E-state index contributed by atoms with van der Waals surface area (Å²) in [6, 6.07) is 2.75. The van der Waals surface area contributed by atoms with Crippen molar-refractivity contribution in [2.24, 2.45) is 5.73 Å². The van der Waals surface area contributed by atoms with E-state index in [0.717, 1.165) is 0 Å². The Morgan fingerprint density at radius 2 is 2.00 bits per heavy atom. The summed E-state index contributed by atoms with van der Waals surface area (Å²) < 4.78 is 26.9. The third kappa shape index (κ3) is 2.10. The SMILES string of the molecule is Cc1ccc(F)c(C(C)CCN)c1F. The fourth-order valence-electron chi connectivity index (χ4n) is 1.52. The van der Waals surface area contributed by atoms with Crippen molar-refractivity contribution in [2.45, 2.75) is 26.2 Å². The van der Waals surface area contributed by atoms with Gasteiger partial charge >= 0.3 is 0 Å². The van der Waals surface area contributed by atoms with Crippen molar-refractivity contribution < 1.29 is 8.78 Å². The molecule has 1 atom stereocenters. The smallest absolute Gasteiger partial charge is 0.132 e. The molecule has 0 aliphatic heterocycles. The molecule has 0 amide bonds. The first kappa shape index (κ1) is 11.1. The lowest BCUT2D eigenvalue weighted by Gasteiger charge is -2.13. The minimum absolute atomic E-state index is 0.162. The highest BCUT2D eigenvalue weighted by Gasteiger charge is 2.16. The maximum Gasteiger partial charge on any atom is 0.132 e. The highest BCUT2D eigenvalue weighted by Crippen LogP contribution is 2.26. The molecule has 0 aliphatic rings. The lowest BCUT2D eigenvalue weighted by molar-refractivity contribution is 0.518. The molecule has 1 rings (SSSR count). The Morgan fingerprint density at radius 1 is 1.36 bits per heavy atom. The van der Waals surface area contributed by atoms with Crippen LogP contribution in [0.4, 0.5) is 8.78 Å². The number of halogens is 2. The molecule has 78 valence electrons. The summed E-state index contributed by atoms with van der Waals surface area (Å²) in [5.74, 6) is -1.08. The molecule has 0 saturated heterocycles. The number of benzene rings is 1. The Labute approximate surface area is 82.9 Å². The highest BCUT2D eigenvalue weighted by molar-refractivity contribution is 5.29. The fourth-order valence-corrected chi connectivity index (χ4v) is 1.52. The van der Waals surface area contributed by atoms with Crippen LogP contribution in [0.25, 0.3) is 0 Å². The van der Waals surface area contributed by atoms with Gasteiger partial charge in [0.15, 0.2) is 0 Å². The average molecular weight is 199 g/mol. The van der Waals surface area contributed by atoms with Crippen molar-refractivity contribution in [2.75, 3.05) is 6.54 Å². The first-order valence-corrected chi connectivity index (χ1v) is 4.72. The molecule has 0 spiro atoms. The highest BCUT2D eigenvalue weighted by atomic mass is 19.1. The van der Waals surface area contributed by atoms with Gasteiger partial charge in [0.2, 0.25) is 0 Å². The summed E-state index contributed by atoms with van der Waals surface area (Å²) in [5.41, 5.74) is 6.00. The molecule has 0 aliphatic carbocycles. The van der Waals surface area contributed by atoms with E-state index >= 15 is 0 Å². The van der Waals surface area contributed by atoms with E-state index in [9.17, 15) is 8.78 Å². The molecule has 14 heavy (non-hydrogen) atoms. The standard InChI is InChI=1S/C11H15F2N/c1-7(5-6-14)10-9(12)4-3-8(2)11(10)13/h3-4,7H,5-6,14H2,1-2H3. The van der Waals surface area contributed by atoms with Crippen molar-refractivity contribution in [3.63, 3.8) is 0 Å². The van der Waals surface area contributed by atoms with Gasteiger partial charge in [-0.15, -0.1) is 0 Å². The van der Waals surface area contributed by atoms with Gasteiger partial charge in [0, 0.05) is 5.56 Å². The molecule has 0 aromatic heterocycles. The van der Waals surface area contributed by atoms with Gasteiger partial charge in [-0.3, -0.25) is 0 Å². The normalized spacial score (nSPS) is 12.9. The van der Waals surface area contributed by atoms with Gasteiger partial charge in [0.1, 0.15) is 11.6 Å². The molecule has 0 saturated carbocycles. The van der Waals surface area contributed by atoms with E-state index in [1.807, 2.05) is 0 Å². The van der Waals surface area contributed by atoms with Gasteiger partial charge in [-0.25, -0.2) is 8.78 Å². The van der Waals surface area contributed by atoms with Crippen molar-refractivity contribution in [3.05, 3.63) is 34.9 Å². The van der Waals surface area contributed by atoms with Crippen LogP contribution in [0.5, 0.6) is 0 Å². The first-order valence-electron chi connectivity index (χ1n) is 4.72. The Kier molecular flexibility index (Phi) is 3.58. The second-order valence-electron chi connectivity index (χ2n) is 3.57. The second-order valence-corrected chi connectivity index (χ2v) is 3.57. The number of aryl methyl sites for hydroxylation is 1. The zero-order valence-corrected chi connectivity index (χ0v) is 8.48. The molecule has 1 nitrogen and oxygen atoms in total. The summed E-state index contributed by atoms with van der Waals surface area (Å²) in [7, 11) is 0. The summed E-state index contributed by atoms with van der Waals surface area (Å²) in [4.78, 5) is 0. The predicted molar refractivity (Wildman–Crippen MR) is 53.2 cm³/mol. The van der Waals surface area contributed by atoms with Gasteiger partial charge in [-0.1, -0.05) is 13.0 Å². The number of hydrogen-bond acceptors (Lipinski definition) is 1. The topological polar surface area (TPSA) is 26.0 Å². The molecule has 0 heterocycles. The van der Waals surface area contributed by atoms with E-state index in [-0.39, 0.29) is 11.5 Å². The van der Waals surface area contributed by atoms with Gasteiger partial charge < -0.3 is 5.73 Å². The van der Waals surface area contributed by atoms with Crippen LogP contribution in [0.2, 0.25) is 0 Å². The summed E-state index contributed by atoms with van der Waals surface area (Å²) >= 11 is 0. The largest absolute Gasteiger partial charge is 0.330 e.